The van der Waals surface area contributed by atoms with Crippen LogP contribution in [0.5, 0.6) is 5.75 Å². The van der Waals surface area contributed by atoms with Gasteiger partial charge in [0.1, 0.15) is 5.75 Å². The third-order valence-corrected chi connectivity index (χ3v) is 2.60. The lowest BCUT2D eigenvalue weighted by molar-refractivity contribution is 0.317. The fourth-order valence-electron chi connectivity index (χ4n) is 1.65. The number of ether oxygens (including phenoxy) is 1. The zero-order valence-corrected chi connectivity index (χ0v) is 10.6. The van der Waals surface area contributed by atoms with E-state index >= 15 is 0 Å². The summed E-state index contributed by atoms with van der Waals surface area (Å²) in [5.74, 6) is 0.939. The van der Waals surface area contributed by atoms with Gasteiger partial charge in [-0.2, -0.15) is 5.10 Å². The number of aromatic nitrogens is 2. The van der Waals surface area contributed by atoms with Gasteiger partial charge in [0.2, 0.25) is 0 Å². The molecule has 0 saturated heterocycles. The standard InChI is InChI=1S/C14H19N3O/c1-2-9-18-14-5-3-12(4-6-14)10-15-11-13-7-8-16-17-13/h3-8,15H,2,9-11H2,1H3,(H,16,17). The Hall–Kier alpha value is -1.81. The highest BCUT2D eigenvalue weighted by molar-refractivity contribution is 5.27. The lowest BCUT2D eigenvalue weighted by atomic mass is 10.2. The highest BCUT2D eigenvalue weighted by Gasteiger charge is 1.96. The smallest absolute Gasteiger partial charge is 0.119 e. The van der Waals surface area contributed by atoms with Gasteiger partial charge in [-0.05, 0) is 30.2 Å². The van der Waals surface area contributed by atoms with Gasteiger partial charge in [-0.25, -0.2) is 0 Å². The van der Waals surface area contributed by atoms with Crippen LogP contribution in [0, 0.1) is 0 Å². The Labute approximate surface area is 107 Å². The van der Waals surface area contributed by atoms with E-state index in [4.69, 9.17) is 4.74 Å². The zero-order chi connectivity index (χ0) is 12.6. The molecule has 0 radical (unpaired) electrons. The Bertz CT molecular complexity index is 437. The molecule has 2 aromatic rings. The highest BCUT2D eigenvalue weighted by atomic mass is 16.5. The molecule has 2 N–H and O–H groups in total. The summed E-state index contributed by atoms with van der Waals surface area (Å²) in [5, 5.41) is 10.2. The molecule has 0 saturated carbocycles. The van der Waals surface area contributed by atoms with Crippen LogP contribution in [-0.2, 0) is 13.1 Å². The Morgan fingerprint density at radius 3 is 2.67 bits per heavy atom. The van der Waals surface area contributed by atoms with Gasteiger partial charge in [0.15, 0.2) is 0 Å². The van der Waals surface area contributed by atoms with Crippen molar-refractivity contribution in [3.05, 3.63) is 47.8 Å². The highest BCUT2D eigenvalue weighted by Crippen LogP contribution is 2.12. The van der Waals surface area contributed by atoms with Gasteiger partial charge in [-0.1, -0.05) is 19.1 Å². The number of nitrogens with one attached hydrogen (secondary N) is 2. The van der Waals surface area contributed by atoms with Gasteiger partial charge in [-0.3, -0.25) is 5.10 Å². The molecule has 0 aliphatic heterocycles. The minimum absolute atomic E-state index is 0.775. The topological polar surface area (TPSA) is 49.9 Å². The number of benzene rings is 1. The van der Waals surface area contributed by atoms with Crippen molar-refractivity contribution in [2.24, 2.45) is 0 Å². The quantitative estimate of drug-likeness (QED) is 0.788. The summed E-state index contributed by atoms with van der Waals surface area (Å²) in [5.41, 5.74) is 2.34. The van der Waals surface area contributed by atoms with Crippen LogP contribution in [0.25, 0.3) is 0 Å². The molecular weight excluding hydrogens is 226 g/mol. The first kappa shape index (κ1) is 12.6. The van der Waals surface area contributed by atoms with E-state index in [1.807, 2.05) is 18.2 Å². The Morgan fingerprint density at radius 1 is 1.17 bits per heavy atom. The summed E-state index contributed by atoms with van der Waals surface area (Å²) >= 11 is 0. The maximum Gasteiger partial charge on any atom is 0.119 e. The summed E-state index contributed by atoms with van der Waals surface area (Å²) in [6.07, 6.45) is 2.80. The Balaban J connectivity index is 1.75. The fraction of sp³-hybridized carbons (Fsp3) is 0.357. The molecule has 0 aliphatic rings. The zero-order valence-electron chi connectivity index (χ0n) is 10.6. The number of hydrogen-bond acceptors (Lipinski definition) is 3. The van der Waals surface area contributed by atoms with Gasteiger partial charge in [0.05, 0.1) is 6.61 Å². The first-order valence-corrected chi connectivity index (χ1v) is 6.29. The van der Waals surface area contributed by atoms with Gasteiger partial charge in [0, 0.05) is 25.0 Å². The lowest BCUT2D eigenvalue weighted by Crippen LogP contribution is -2.12. The predicted molar refractivity (Wildman–Crippen MR) is 71.4 cm³/mol. The van der Waals surface area contributed by atoms with Crippen molar-refractivity contribution in [3.63, 3.8) is 0 Å². The number of hydrogen-bond donors (Lipinski definition) is 2. The van der Waals surface area contributed by atoms with Gasteiger partial charge >= 0.3 is 0 Å². The van der Waals surface area contributed by atoms with Crippen molar-refractivity contribution in [2.75, 3.05) is 6.61 Å². The molecule has 4 nitrogen and oxygen atoms in total. The molecule has 0 aliphatic carbocycles. The second-order valence-corrected chi connectivity index (χ2v) is 4.18. The fourth-order valence-corrected chi connectivity index (χ4v) is 1.65. The summed E-state index contributed by atoms with van der Waals surface area (Å²) in [4.78, 5) is 0. The maximum atomic E-state index is 5.54. The molecule has 0 atom stereocenters. The molecule has 0 unspecified atom stereocenters. The van der Waals surface area contributed by atoms with Crippen LogP contribution < -0.4 is 10.1 Å². The van der Waals surface area contributed by atoms with Gasteiger partial charge < -0.3 is 10.1 Å². The SMILES string of the molecule is CCCOc1ccc(CNCc2ccn[nH]2)cc1. The van der Waals surface area contributed by atoms with Crippen molar-refractivity contribution < 1.29 is 4.74 Å². The molecule has 18 heavy (non-hydrogen) atoms. The van der Waals surface area contributed by atoms with Crippen molar-refractivity contribution in [1.29, 1.82) is 0 Å². The van der Waals surface area contributed by atoms with Crippen molar-refractivity contribution in [2.45, 2.75) is 26.4 Å². The van der Waals surface area contributed by atoms with Crippen LogP contribution in [0.4, 0.5) is 0 Å². The summed E-state index contributed by atoms with van der Waals surface area (Å²) < 4.78 is 5.54. The summed E-state index contributed by atoms with van der Waals surface area (Å²) in [6, 6.07) is 10.2. The third kappa shape index (κ3) is 3.89. The molecule has 1 aromatic carbocycles. The van der Waals surface area contributed by atoms with E-state index in [9.17, 15) is 0 Å². The van der Waals surface area contributed by atoms with Crippen LogP contribution >= 0.6 is 0 Å². The average Bonchev–Trinajstić information content (AvgIpc) is 2.91. The minimum Gasteiger partial charge on any atom is -0.494 e. The largest absolute Gasteiger partial charge is 0.494 e. The molecule has 1 heterocycles. The molecule has 4 heteroatoms. The second kappa shape index (κ2) is 6.81. The molecular formula is C14H19N3O. The molecule has 1 aromatic heterocycles. The maximum absolute atomic E-state index is 5.54. The van der Waals surface area contributed by atoms with Crippen LogP contribution in [0.2, 0.25) is 0 Å². The summed E-state index contributed by atoms with van der Waals surface area (Å²) in [7, 11) is 0. The van der Waals surface area contributed by atoms with Crippen LogP contribution in [0.3, 0.4) is 0 Å². The molecule has 0 bridgehead atoms. The van der Waals surface area contributed by atoms with Gasteiger partial charge in [-0.15, -0.1) is 0 Å². The first-order chi connectivity index (χ1) is 8.88. The van der Waals surface area contributed by atoms with Gasteiger partial charge in [0.25, 0.3) is 0 Å². The van der Waals surface area contributed by atoms with E-state index in [0.29, 0.717) is 0 Å². The van der Waals surface area contributed by atoms with E-state index in [0.717, 1.165) is 37.6 Å². The first-order valence-electron chi connectivity index (χ1n) is 6.29. The number of aromatic amines is 1. The van der Waals surface area contributed by atoms with Crippen molar-refractivity contribution in [3.8, 4) is 5.75 Å². The normalized spacial score (nSPS) is 10.5. The van der Waals surface area contributed by atoms with Crippen molar-refractivity contribution >= 4 is 0 Å². The molecule has 0 fully saturated rings. The predicted octanol–water partition coefficient (Wildman–Crippen LogP) is 2.49. The van der Waals surface area contributed by atoms with E-state index in [-0.39, 0.29) is 0 Å². The minimum atomic E-state index is 0.775. The van der Waals surface area contributed by atoms with E-state index in [2.05, 4.69) is 34.6 Å². The average molecular weight is 245 g/mol. The van der Waals surface area contributed by atoms with Crippen molar-refractivity contribution in [1.82, 2.24) is 15.5 Å². The summed E-state index contributed by atoms with van der Waals surface area (Å²) in [6.45, 7) is 4.52. The monoisotopic (exact) mass is 245 g/mol. The molecule has 2 rings (SSSR count). The Morgan fingerprint density at radius 2 is 2.00 bits per heavy atom. The second-order valence-electron chi connectivity index (χ2n) is 4.18. The van der Waals surface area contributed by atoms with E-state index in [1.165, 1.54) is 5.56 Å². The Kier molecular flexibility index (Phi) is 4.78. The molecule has 96 valence electrons. The third-order valence-electron chi connectivity index (χ3n) is 2.60. The molecule has 0 amide bonds. The number of rotatable bonds is 7. The van der Waals surface area contributed by atoms with Crippen LogP contribution in [0.1, 0.15) is 24.6 Å². The van der Waals surface area contributed by atoms with E-state index in [1.54, 1.807) is 6.20 Å². The number of H-pyrrole nitrogens is 1. The van der Waals surface area contributed by atoms with Crippen LogP contribution in [-0.4, -0.2) is 16.8 Å². The van der Waals surface area contributed by atoms with E-state index < -0.39 is 0 Å². The molecule has 0 spiro atoms. The lowest BCUT2D eigenvalue weighted by Gasteiger charge is -2.06. The van der Waals surface area contributed by atoms with Crippen LogP contribution in [0.15, 0.2) is 36.5 Å². The number of nitrogens with zero attached hydrogens (tertiary/aromatic N) is 1.